The third-order valence-corrected chi connectivity index (χ3v) is 6.63. The smallest absolute Gasteiger partial charge is 0.290 e. The zero-order chi connectivity index (χ0) is 26.6. The van der Waals surface area contributed by atoms with E-state index in [0.29, 0.717) is 47.6 Å². The fraction of sp³-hybridized carbons (Fsp3) is 0.226. The van der Waals surface area contributed by atoms with E-state index in [9.17, 15) is 14.7 Å². The maximum atomic E-state index is 13.9. The lowest BCUT2D eigenvalue weighted by Crippen LogP contribution is -2.33. The summed E-state index contributed by atoms with van der Waals surface area (Å²) in [5.41, 5.74) is 2.12. The Labute approximate surface area is 220 Å². The first-order chi connectivity index (χ1) is 18.5. The molecule has 2 heterocycles. The first kappa shape index (κ1) is 25.1. The van der Waals surface area contributed by atoms with Crippen LogP contribution in [0.2, 0.25) is 0 Å². The van der Waals surface area contributed by atoms with Crippen molar-refractivity contribution < 1.29 is 28.6 Å². The van der Waals surface area contributed by atoms with Crippen LogP contribution >= 0.6 is 0 Å². The highest BCUT2D eigenvalue weighted by Crippen LogP contribution is 2.41. The standard InChI is InChI=1S/C31H29NO6/c1-3-17-37-23-13-7-11-21(18-23)27-26(28(33)25-19-22-12-8-14-24(36-2)30(22)38-25)29(34)31(35)32(27)16-15-20-9-5-4-6-10-20/h4-14,18-19,27,34H,3,15-17H2,1-2H3. The molecule has 0 spiro atoms. The Balaban J connectivity index is 1.55. The number of methoxy groups -OCH3 is 1. The minimum Gasteiger partial charge on any atom is -0.503 e. The quantitative estimate of drug-likeness (QED) is 0.261. The van der Waals surface area contributed by atoms with Crippen LogP contribution in [0.5, 0.6) is 11.5 Å². The van der Waals surface area contributed by atoms with Crippen molar-refractivity contribution in [3.8, 4) is 11.5 Å². The Morgan fingerprint density at radius 3 is 2.58 bits per heavy atom. The predicted octanol–water partition coefficient (Wildman–Crippen LogP) is 6.05. The van der Waals surface area contributed by atoms with E-state index in [2.05, 4.69) is 0 Å². The summed E-state index contributed by atoms with van der Waals surface area (Å²) in [6, 6.07) is 23.2. The molecule has 3 aromatic carbocycles. The number of fused-ring (bicyclic) bond motifs is 1. The van der Waals surface area contributed by atoms with Gasteiger partial charge in [-0.25, -0.2) is 0 Å². The molecular weight excluding hydrogens is 482 g/mol. The Morgan fingerprint density at radius 2 is 1.82 bits per heavy atom. The molecule has 0 aliphatic carbocycles. The number of hydrogen-bond acceptors (Lipinski definition) is 6. The summed E-state index contributed by atoms with van der Waals surface area (Å²) in [4.78, 5) is 28.8. The highest BCUT2D eigenvalue weighted by Gasteiger charge is 2.44. The molecule has 0 bridgehead atoms. The predicted molar refractivity (Wildman–Crippen MR) is 144 cm³/mol. The summed E-state index contributed by atoms with van der Waals surface area (Å²) in [7, 11) is 1.52. The molecule has 1 aliphatic rings. The molecule has 7 nitrogen and oxygen atoms in total. The van der Waals surface area contributed by atoms with Crippen LogP contribution in [0.1, 0.15) is 41.1 Å². The van der Waals surface area contributed by atoms with Gasteiger partial charge in [0.1, 0.15) is 5.75 Å². The van der Waals surface area contributed by atoms with Crippen LogP contribution in [-0.4, -0.2) is 42.0 Å². The largest absolute Gasteiger partial charge is 0.503 e. The van der Waals surface area contributed by atoms with Gasteiger partial charge in [-0.2, -0.15) is 0 Å². The van der Waals surface area contributed by atoms with E-state index < -0.39 is 23.5 Å². The number of carbonyl (C=O) groups excluding carboxylic acids is 2. The molecule has 0 fully saturated rings. The number of para-hydroxylation sites is 1. The second-order valence-electron chi connectivity index (χ2n) is 9.14. The molecule has 1 aliphatic heterocycles. The first-order valence-corrected chi connectivity index (χ1v) is 12.6. The van der Waals surface area contributed by atoms with E-state index in [-0.39, 0.29) is 11.3 Å². The van der Waals surface area contributed by atoms with Gasteiger partial charge in [-0.05, 0) is 48.2 Å². The van der Waals surface area contributed by atoms with Crippen LogP contribution in [0, 0.1) is 0 Å². The second kappa shape index (κ2) is 10.8. The summed E-state index contributed by atoms with van der Waals surface area (Å²) in [5.74, 6) is -0.577. The van der Waals surface area contributed by atoms with Gasteiger partial charge in [0.25, 0.3) is 5.91 Å². The van der Waals surface area contributed by atoms with Crippen molar-refractivity contribution in [1.29, 1.82) is 0 Å². The van der Waals surface area contributed by atoms with Crippen LogP contribution in [0.4, 0.5) is 0 Å². The minimum atomic E-state index is -0.806. The van der Waals surface area contributed by atoms with Crippen molar-refractivity contribution in [3.05, 3.63) is 107 Å². The highest BCUT2D eigenvalue weighted by molar-refractivity contribution is 6.16. The van der Waals surface area contributed by atoms with Gasteiger partial charge in [0, 0.05) is 11.9 Å². The van der Waals surface area contributed by atoms with E-state index >= 15 is 0 Å². The Bertz CT molecular complexity index is 1500. The maximum absolute atomic E-state index is 13.9. The number of benzene rings is 3. The van der Waals surface area contributed by atoms with Crippen LogP contribution in [0.15, 0.2) is 94.6 Å². The zero-order valence-electron chi connectivity index (χ0n) is 21.3. The van der Waals surface area contributed by atoms with Crippen molar-refractivity contribution in [3.63, 3.8) is 0 Å². The number of aliphatic hydroxyl groups is 1. The molecule has 1 unspecified atom stereocenters. The Morgan fingerprint density at radius 1 is 1.03 bits per heavy atom. The van der Waals surface area contributed by atoms with E-state index in [4.69, 9.17) is 13.9 Å². The molecule has 0 radical (unpaired) electrons. The number of rotatable bonds is 10. The number of hydrogen-bond donors (Lipinski definition) is 1. The van der Waals surface area contributed by atoms with Gasteiger partial charge in [0.15, 0.2) is 22.9 Å². The van der Waals surface area contributed by atoms with Gasteiger partial charge in [-0.1, -0.05) is 61.5 Å². The van der Waals surface area contributed by atoms with E-state index in [1.54, 1.807) is 18.2 Å². The summed E-state index contributed by atoms with van der Waals surface area (Å²) < 4.78 is 17.1. The summed E-state index contributed by atoms with van der Waals surface area (Å²) >= 11 is 0. The molecule has 38 heavy (non-hydrogen) atoms. The minimum absolute atomic E-state index is 0.0197. The number of aliphatic hydroxyl groups excluding tert-OH is 1. The van der Waals surface area contributed by atoms with Crippen molar-refractivity contribution in [2.24, 2.45) is 0 Å². The first-order valence-electron chi connectivity index (χ1n) is 12.6. The number of nitrogens with zero attached hydrogens (tertiary/aromatic N) is 1. The lowest BCUT2D eigenvalue weighted by atomic mass is 9.94. The molecular formula is C31H29NO6. The van der Waals surface area contributed by atoms with Crippen molar-refractivity contribution in [2.75, 3.05) is 20.3 Å². The third-order valence-electron chi connectivity index (χ3n) is 6.63. The van der Waals surface area contributed by atoms with E-state index in [0.717, 1.165) is 12.0 Å². The zero-order valence-corrected chi connectivity index (χ0v) is 21.3. The lowest BCUT2D eigenvalue weighted by molar-refractivity contribution is -0.129. The molecule has 4 aromatic rings. The molecule has 5 rings (SSSR count). The average molecular weight is 512 g/mol. The van der Waals surface area contributed by atoms with Gasteiger partial charge in [0.2, 0.25) is 5.78 Å². The van der Waals surface area contributed by atoms with Crippen LogP contribution in [-0.2, 0) is 11.2 Å². The molecule has 1 aromatic heterocycles. The Kier molecular flexibility index (Phi) is 7.18. The molecule has 194 valence electrons. The number of Topliss-reactive ketones (excluding diaryl/α,β-unsaturated/α-hetero) is 1. The number of carbonyl (C=O) groups is 2. The molecule has 1 atom stereocenters. The van der Waals surface area contributed by atoms with Gasteiger partial charge in [-0.3, -0.25) is 9.59 Å². The number of furan rings is 1. The van der Waals surface area contributed by atoms with E-state index in [1.165, 1.54) is 12.0 Å². The average Bonchev–Trinajstić information content (AvgIpc) is 3.50. The number of amides is 1. The maximum Gasteiger partial charge on any atom is 0.290 e. The monoisotopic (exact) mass is 511 g/mol. The molecule has 7 heteroatoms. The second-order valence-corrected chi connectivity index (χ2v) is 9.14. The normalized spacial score (nSPS) is 15.4. The summed E-state index contributed by atoms with van der Waals surface area (Å²) in [6.45, 7) is 2.87. The molecule has 0 saturated carbocycles. The molecule has 1 N–H and O–H groups in total. The third kappa shape index (κ3) is 4.75. The van der Waals surface area contributed by atoms with Crippen molar-refractivity contribution >= 4 is 22.7 Å². The number of ketones is 1. The van der Waals surface area contributed by atoms with Gasteiger partial charge < -0.3 is 23.9 Å². The number of ether oxygens (including phenoxy) is 2. The van der Waals surface area contributed by atoms with Crippen molar-refractivity contribution in [2.45, 2.75) is 25.8 Å². The highest BCUT2D eigenvalue weighted by atomic mass is 16.5. The van der Waals surface area contributed by atoms with Crippen LogP contribution in [0.3, 0.4) is 0 Å². The molecule has 0 saturated heterocycles. The summed E-state index contributed by atoms with van der Waals surface area (Å²) in [6.07, 6.45) is 1.40. The van der Waals surface area contributed by atoms with Gasteiger partial charge in [-0.15, -0.1) is 0 Å². The van der Waals surface area contributed by atoms with Crippen LogP contribution < -0.4 is 9.47 Å². The SMILES string of the molecule is CCCOc1cccc(C2C(C(=O)c3cc4cccc(OC)c4o3)=C(O)C(=O)N2CCc2ccccc2)c1. The van der Waals surface area contributed by atoms with Gasteiger partial charge in [0.05, 0.1) is 25.3 Å². The lowest BCUT2D eigenvalue weighted by Gasteiger charge is -2.27. The summed E-state index contributed by atoms with van der Waals surface area (Å²) in [5, 5.41) is 11.7. The van der Waals surface area contributed by atoms with Gasteiger partial charge >= 0.3 is 0 Å². The van der Waals surface area contributed by atoms with Crippen LogP contribution in [0.25, 0.3) is 11.0 Å². The fourth-order valence-corrected chi connectivity index (χ4v) is 4.79. The topological polar surface area (TPSA) is 89.2 Å². The molecule has 1 amide bonds. The van der Waals surface area contributed by atoms with E-state index in [1.807, 2.05) is 67.6 Å². The Hall–Kier alpha value is -4.52. The van der Waals surface area contributed by atoms with Crippen molar-refractivity contribution in [1.82, 2.24) is 4.90 Å². The fourth-order valence-electron chi connectivity index (χ4n) is 4.79.